The third-order valence-corrected chi connectivity index (χ3v) is 6.43. The van der Waals surface area contributed by atoms with Crippen LogP contribution in [0.4, 0.5) is 0 Å². The fourth-order valence-electron chi connectivity index (χ4n) is 4.60. The molecule has 0 spiro atoms. The minimum Gasteiger partial charge on any atom is -0.379 e. The van der Waals surface area contributed by atoms with Crippen LogP contribution in [0.5, 0.6) is 0 Å². The van der Waals surface area contributed by atoms with Crippen LogP contribution in [-0.4, -0.2) is 86.9 Å². The van der Waals surface area contributed by atoms with Gasteiger partial charge in [0.2, 0.25) is 0 Å². The molecule has 2 fully saturated rings. The monoisotopic (exact) mass is 523 g/mol. The lowest BCUT2D eigenvalue weighted by atomic mass is 9.80. The molecule has 1 heterocycles. The summed E-state index contributed by atoms with van der Waals surface area (Å²) in [7, 11) is 0. The van der Waals surface area contributed by atoms with Crippen molar-refractivity contribution in [2.45, 2.75) is 71.3 Å². The van der Waals surface area contributed by atoms with E-state index in [9.17, 15) is 0 Å². The fourth-order valence-corrected chi connectivity index (χ4v) is 4.60. The first-order valence-electron chi connectivity index (χ1n) is 11.8. The summed E-state index contributed by atoms with van der Waals surface area (Å²) in [6, 6.07) is 0. The van der Waals surface area contributed by atoms with E-state index >= 15 is 0 Å². The molecule has 1 saturated carbocycles. The lowest BCUT2D eigenvalue weighted by molar-refractivity contribution is -0.0333. The molecule has 172 valence electrons. The molecule has 0 unspecified atom stereocenters. The number of hydrogen-bond acceptors (Lipinski definition) is 4. The highest BCUT2D eigenvalue weighted by Crippen LogP contribution is 2.34. The van der Waals surface area contributed by atoms with Crippen molar-refractivity contribution in [3.63, 3.8) is 0 Å². The standard InChI is InChI=1S/C22H45N5O.HI/c1-4-23-21(24-14-10-11-15-26(5-2)6-3)25-20-22(12-8-7-9-13-22)27-16-18-28-19-17-27;/h4-20H2,1-3H3,(H2,23,24,25);1H. The van der Waals surface area contributed by atoms with Gasteiger partial charge in [0.05, 0.1) is 19.8 Å². The molecule has 6 nitrogen and oxygen atoms in total. The Bertz CT molecular complexity index is 433. The molecule has 0 bridgehead atoms. The summed E-state index contributed by atoms with van der Waals surface area (Å²) >= 11 is 0. The first-order valence-corrected chi connectivity index (χ1v) is 11.8. The molecule has 2 rings (SSSR count). The zero-order chi connectivity index (χ0) is 20.1. The second-order valence-corrected chi connectivity index (χ2v) is 8.24. The van der Waals surface area contributed by atoms with Crippen LogP contribution in [0.1, 0.15) is 65.7 Å². The highest BCUT2D eigenvalue weighted by molar-refractivity contribution is 14.0. The molecule has 0 atom stereocenters. The number of aliphatic imine (C=N–C) groups is 1. The lowest BCUT2D eigenvalue weighted by Crippen LogP contribution is -2.56. The van der Waals surface area contributed by atoms with Gasteiger partial charge in [0.15, 0.2) is 5.96 Å². The van der Waals surface area contributed by atoms with Gasteiger partial charge < -0.3 is 20.3 Å². The highest BCUT2D eigenvalue weighted by atomic mass is 127. The number of ether oxygens (including phenoxy) is 1. The molecule has 2 N–H and O–H groups in total. The summed E-state index contributed by atoms with van der Waals surface area (Å²) in [5, 5.41) is 7.02. The minimum atomic E-state index is 0. The Kier molecular flexibility index (Phi) is 14.5. The van der Waals surface area contributed by atoms with Gasteiger partial charge in [-0.05, 0) is 52.2 Å². The Hall–Kier alpha value is -0.120. The summed E-state index contributed by atoms with van der Waals surface area (Å²) in [6.07, 6.45) is 9.03. The van der Waals surface area contributed by atoms with E-state index < -0.39 is 0 Å². The number of morpholine rings is 1. The molecule has 1 saturated heterocycles. The Labute approximate surface area is 196 Å². The van der Waals surface area contributed by atoms with E-state index in [1.807, 2.05) is 0 Å². The van der Waals surface area contributed by atoms with Crippen molar-refractivity contribution in [2.24, 2.45) is 4.99 Å². The van der Waals surface area contributed by atoms with Gasteiger partial charge in [-0.1, -0.05) is 33.1 Å². The quantitative estimate of drug-likeness (QED) is 0.188. The van der Waals surface area contributed by atoms with Crippen molar-refractivity contribution in [1.82, 2.24) is 20.4 Å². The first-order chi connectivity index (χ1) is 13.7. The second-order valence-electron chi connectivity index (χ2n) is 8.24. The number of nitrogens with one attached hydrogen (secondary N) is 2. The van der Waals surface area contributed by atoms with E-state index in [1.165, 1.54) is 51.5 Å². The summed E-state index contributed by atoms with van der Waals surface area (Å²) < 4.78 is 5.60. The van der Waals surface area contributed by atoms with Crippen molar-refractivity contribution < 1.29 is 4.74 Å². The Morgan fingerprint density at radius 1 is 1.00 bits per heavy atom. The summed E-state index contributed by atoms with van der Waals surface area (Å²) in [6.45, 7) is 16.8. The molecule has 7 heteroatoms. The van der Waals surface area contributed by atoms with Crippen molar-refractivity contribution in [1.29, 1.82) is 0 Å². The smallest absolute Gasteiger partial charge is 0.191 e. The van der Waals surface area contributed by atoms with Gasteiger partial charge >= 0.3 is 0 Å². The average Bonchev–Trinajstić information content (AvgIpc) is 2.76. The predicted molar refractivity (Wildman–Crippen MR) is 135 cm³/mol. The normalized spacial score (nSPS) is 20.3. The van der Waals surface area contributed by atoms with Crippen molar-refractivity contribution in [3.05, 3.63) is 0 Å². The van der Waals surface area contributed by atoms with Crippen molar-refractivity contribution >= 4 is 29.9 Å². The van der Waals surface area contributed by atoms with Crippen molar-refractivity contribution in [2.75, 3.05) is 65.6 Å². The van der Waals surface area contributed by atoms with Crippen LogP contribution >= 0.6 is 24.0 Å². The van der Waals surface area contributed by atoms with E-state index in [-0.39, 0.29) is 29.5 Å². The molecule has 0 aromatic heterocycles. The zero-order valence-electron chi connectivity index (χ0n) is 19.2. The van der Waals surface area contributed by atoms with Crippen LogP contribution in [0.3, 0.4) is 0 Å². The molecule has 1 aliphatic carbocycles. The number of rotatable bonds is 11. The van der Waals surface area contributed by atoms with E-state index in [0.717, 1.165) is 65.0 Å². The van der Waals surface area contributed by atoms with Crippen LogP contribution in [-0.2, 0) is 4.74 Å². The summed E-state index contributed by atoms with van der Waals surface area (Å²) in [4.78, 5) is 10.2. The molecule has 0 aromatic carbocycles. The molecule has 0 radical (unpaired) electrons. The van der Waals surface area contributed by atoms with Crippen LogP contribution in [0, 0.1) is 0 Å². The van der Waals surface area contributed by atoms with Gasteiger partial charge in [0.25, 0.3) is 0 Å². The highest BCUT2D eigenvalue weighted by Gasteiger charge is 2.38. The fraction of sp³-hybridized carbons (Fsp3) is 0.955. The maximum Gasteiger partial charge on any atom is 0.191 e. The van der Waals surface area contributed by atoms with Crippen molar-refractivity contribution in [3.8, 4) is 0 Å². The third kappa shape index (κ3) is 9.27. The van der Waals surface area contributed by atoms with Crippen LogP contribution in [0.15, 0.2) is 4.99 Å². The molecular weight excluding hydrogens is 477 g/mol. The van der Waals surface area contributed by atoms with Gasteiger partial charge in [0, 0.05) is 31.7 Å². The average molecular weight is 524 g/mol. The van der Waals surface area contributed by atoms with Gasteiger partial charge in [-0.25, -0.2) is 0 Å². The number of halogens is 1. The van der Waals surface area contributed by atoms with E-state index in [0.29, 0.717) is 0 Å². The number of nitrogens with zero attached hydrogens (tertiary/aromatic N) is 3. The maximum absolute atomic E-state index is 5.60. The predicted octanol–water partition coefficient (Wildman–Crippen LogP) is 3.32. The topological polar surface area (TPSA) is 52.1 Å². The van der Waals surface area contributed by atoms with Crippen LogP contribution in [0.2, 0.25) is 0 Å². The van der Waals surface area contributed by atoms with Gasteiger partial charge in [-0.15, -0.1) is 24.0 Å². The van der Waals surface area contributed by atoms with Gasteiger partial charge in [-0.2, -0.15) is 0 Å². The minimum absolute atomic E-state index is 0. The first kappa shape index (κ1) is 26.9. The number of hydrogen-bond donors (Lipinski definition) is 2. The molecule has 2 aliphatic rings. The van der Waals surface area contributed by atoms with E-state index in [1.54, 1.807) is 0 Å². The third-order valence-electron chi connectivity index (χ3n) is 6.43. The van der Waals surface area contributed by atoms with Crippen LogP contribution in [0.25, 0.3) is 0 Å². The van der Waals surface area contributed by atoms with Crippen LogP contribution < -0.4 is 10.6 Å². The second kappa shape index (κ2) is 15.6. The molecule has 1 aliphatic heterocycles. The molecule has 29 heavy (non-hydrogen) atoms. The summed E-state index contributed by atoms with van der Waals surface area (Å²) in [5.74, 6) is 0.989. The SMILES string of the molecule is CCNC(=NCC1(N2CCOCC2)CCCCC1)NCCCCN(CC)CC.I. The summed E-state index contributed by atoms with van der Waals surface area (Å²) in [5.41, 5.74) is 0.243. The number of unbranched alkanes of at least 4 members (excludes halogenated alkanes) is 1. The molecule has 0 amide bonds. The van der Waals surface area contributed by atoms with E-state index in [2.05, 4.69) is 41.2 Å². The van der Waals surface area contributed by atoms with Gasteiger partial charge in [0.1, 0.15) is 0 Å². The molecular formula is C22H46IN5O. The van der Waals surface area contributed by atoms with Gasteiger partial charge in [-0.3, -0.25) is 9.89 Å². The largest absolute Gasteiger partial charge is 0.379 e. The molecule has 0 aromatic rings. The Balaban J connectivity index is 0.00000420. The van der Waals surface area contributed by atoms with E-state index in [4.69, 9.17) is 9.73 Å². The lowest BCUT2D eigenvalue weighted by Gasteiger charge is -2.47. The zero-order valence-corrected chi connectivity index (χ0v) is 21.5. The maximum atomic E-state index is 5.60. The Morgan fingerprint density at radius 3 is 2.31 bits per heavy atom. The number of guanidine groups is 1. The Morgan fingerprint density at radius 2 is 1.69 bits per heavy atom.